The molecule has 120 valence electrons. The van der Waals surface area contributed by atoms with Crippen molar-refractivity contribution in [2.24, 2.45) is 5.73 Å². The number of carbonyl (C=O) groups is 2. The zero-order valence-corrected chi connectivity index (χ0v) is 13.3. The van der Waals surface area contributed by atoms with Gasteiger partial charge in [0.25, 0.3) is 5.91 Å². The van der Waals surface area contributed by atoms with Crippen LogP contribution < -0.4 is 16.4 Å². The molecule has 1 aromatic heterocycles. The minimum atomic E-state index is -0.863. The maximum absolute atomic E-state index is 12.4. The molecule has 0 bridgehead atoms. The van der Waals surface area contributed by atoms with Gasteiger partial charge in [-0.05, 0) is 24.9 Å². The van der Waals surface area contributed by atoms with Gasteiger partial charge in [0, 0.05) is 5.38 Å². The number of carbonyl (C=O) groups excluding carboxylic acids is 2. The summed E-state index contributed by atoms with van der Waals surface area (Å²) in [7, 11) is 0. The lowest BCUT2D eigenvalue weighted by Crippen LogP contribution is -2.37. The average Bonchev–Trinajstić information content (AvgIpc) is 3.23. The number of amides is 2. The molecule has 0 radical (unpaired) electrons. The second-order valence-corrected chi connectivity index (χ2v) is 6.33. The van der Waals surface area contributed by atoms with Crippen molar-refractivity contribution in [2.45, 2.75) is 24.9 Å². The van der Waals surface area contributed by atoms with Crippen molar-refractivity contribution in [1.29, 1.82) is 0 Å². The molecule has 0 saturated carbocycles. The predicted molar refractivity (Wildman–Crippen MR) is 87.9 cm³/mol. The molecule has 1 saturated heterocycles. The Morgan fingerprint density at radius 3 is 2.78 bits per heavy atom. The van der Waals surface area contributed by atoms with E-state index in [0.29, 0.717) is 11.3 Å². The molecular weight excluding hydrogens is 312 g/mol. The first-order valence-electron chi connectivity index (χ1n) is 7.49. The standard InChI is InChI=1S/C16H18N4O2S/c17-14(21)13(10-5-2-1-3-6-10)20-15(22)12-9-23-16(19-12)11-7-4-8-18-11/h1-3,5-6,9,11,13,18H,4,7-8H2,(H2,17,21)(H,20,22). The van der Waals surface area contributed by atoms with Crippen LogP contribution in [0, 0.1) is 0 Å². The van der Waals surface area contributed by atoms with E-state index in [2.05, 4.69) is 15.6 Å². The molecule has 2 amide bonds. The molecule has 6 nitrogen and oxygen atoms in total. The Bertz CT molecular complexity index is 695. The highest BCUT2D eigenvalue weighted by Crippen LogP contribution is 2.26. The van der Waals surface area contributed by atoms with Gasteiger partial charge in [0.15, 0.2) is 0 Å². The molecule has 0 aliphatic carbocycles. The fraction of sp³-hybridized carbons (Fsp3) is 0.312. The molecule has 2 aromatic rings. The number of aromatic nitrogens is 1. The number of nitrogens with zero attached hydrogens (tertiary/aromatic N) is 1. The average molecular weight is 330 g/mol. The zero-order chi connectivity index (χ0) is 16.2. The first-order chi connectivity index (χ1) is 11.1. The van der Waals surface area contributed by atoms with E-state index in [1.54, 1.807) is 29.6 Å². The van der Waals surface area contributed by atoms with E-state index in [1.807, 2.05) is 6.07 Å². The molecule has 2 heterocycles. The highest BCUT2D eigenvalue weighted by Gasteiger charge is 2.24. The van der Waals surface area contributed by atoms with Gasteiger partial charge in [0.1, 0.15) is 16.7 Å². The lowest BCUT2D eigenvalue weighted by Gasteiger charge is -2.15. The minimum absolute atomic E-state index is 0.225. The van der Waals surface area contributed by atoms with Crippen LogP contribution >= 0.6 is 11.3 Å². The second-order valence-electron chi connectivity index (χ2n) is 5.44. The Morgan fingerprint density at radius 1 is 1.35 bits per heavy atom. The number of primary amides is 1. The largest absolute Gasteiger partial charge is 0.368 e. The van der Waals surface area contributed by atoms with E-state index >= 15 is 0 Å². The monoisotopic (exact) mass is 330 g/mol. The highest BCUT2D eigenvalue weighted by molar-refractivity contribution is 7.09. The van der Waals surface area contributed by atoms with E-state index in [0.717, 1.165) is 24.4 Å². The van der Waals surface area contributed by atoms with Gasteiger partial charge in [-0.1, -0.05) is 30.3 Å². The molecule has 3 rings (SSSR count). The summed E-state index contributed by atoms with van der Waals surface area (Å²) >= 11 is 1.46. The molecule has 23 heavy (non-hydrogen) atoms. The smallest absolute Gasteiger partial charge is 0.271 e. The summed E-state index contributed by atoms with van der Waals surface area (Å²) in [6.07, 6.45) is 2.14. The van der Waals surface area contributed by atoms with E-state index in [9.17, 15) is 9.59 Å². The Labute approximate surface area is 138 Å². The second kappa shape index (κ2) is 6.89. The van der Waals surface area contributed by atoms with Crippen LogP contribution in [0.3, 0.4) is 0 Å². The third kappa shape index (κ3) is 3.57. The topological polar surface area (TPSA) is 97.1 Å². The van der Waals surface area contributed by atoms with Crippen LogP contribution in [0.5, 0.6) is 0 Å². The number of hydrogen-bond donors (Lipinski definition) is 3. The first-order valence-corrected chi connectivity index (χ1v) is 8.37. The SMILES string of the molecule is NC(=O)C(NC(=O)c1csc(C2CCCN2)n1)c1ccccc1. The number of rotatable bonds is 5. The number of thiazole rings is 1. The van der Waals surface area contributed by atoms with Gasteiger partial charge in [-0.3, -0.25) is 9.59 Å². The molecule has 2 atom stereocenters. The summed E-state index contributed by atoms with van der Waals surface area (Å²) in [6.45, 7) is 0.976. The van der Waals surface area contributed by atoms with Crippen LogP contribution in [0.1, 0.15) is 46.0 Å². The molecule has 4 N–H and O–H groups in total. The Kier molecular flexibility index (Phi) is 4.68. The Hall–Kier alpha value is -2.25. The normalized spacial score (nSPS) is 18.5. The summed E-state index contributed by atoms with van der Waals surface area (Å²) in [5, 5.41) is 8.64. The quantitative estimate of drug-likeness (QED) is 0.774. The van der Waals surface area contributed by atoms with Crippen LogP contribution in [0.15, 0.2) is 35.7 Å². The van der Waals surface area contributed by atoms with Crippen molar-refractivity contribution in [1.82, 2.24) is 15.6 Å². The van der Waals surface area contributed by atoms with Crippen molar-refractivity contribution in [2.75, 3.05) is 6.54 Å². The van der Waals surface area contributed by atoms with Crippen LogP contribution in [-0.4, -0.2) is 23.3 Å². The highest BCUT2D eigenvalue weighted by atomic mass is 32.1. The van der Waals surface area contributed by atoms with Crippen molar-refractivity contribution in [3.63, 3.8) is 0 Å². The lowest BCUT2D eigenvalue weighted by molar-refractivity contribution is -0.120. The molecular formula is C16H18N4O2S. The van der Waals surface area contributed by atoms with Gasteiger partial charge in [-0.25, -0.2) is 4.98 Å². The molecule has 1 aromatic carbocycles. The van der Waals surface area contributed by atoms with E-state index in [4.69, 9.17) is 5.73 Å². The summed E-state index contributed by atoms with van der Waals surface area (Å²) in [6, 6.07) is 8.30. The van der Waals surface area contributed by atoms with Crippen molar-refractivity contribution in [3.05, 3.63) is 52.0 Å². The minimum Gasteiger partial charge on any atom is -0.368 e. The Balaban J connectivity index is 1.73. The molecule has 2 unspecified atom stereocenters. The fourth-order valence-corrected chi connectivity index (χ4v) is 3.53. The van der Waals surface area contributed by atoms with Gasteiger partial charge in [0.2, 0.25) is 5.91 Å². The summed E-state index contributed by atoms with van der Waals surface area (Å²) in [5.74, 6) is -0.990. The van der Waals surface area contributed by atoms with Gasteiger partial charge in [0.05, 0.1) is 6.04 Å². The van der Waals surface area contributed by atoms with Crippen molar-refractivity contribution >= 4 is 23.2 Å². The first kappa shape index (κ1) is 15.6. The van der Waals surface area contributed by atoms with E-state index in [-0.39, 0.29) is 6.04 Å². The molecule has 1 fully saturated rings. The maximum Gasteiger partial charge on any atom is 0.271 e. The zero-order valence-electron chi connectivity index (χ0n) is 12.5. The molecule has 1 aliphatic rings. The predicted octanol–water partition coefficient (Wildman–Crippen LogP) is 1.52. The van der Waals surface area contributed by atoms with Gasteiger partial charge < -0.3 is 16.4 Å². The lowest BCUT2D eigenvalue weighted by atomic mass is 10.1. The van der Waals surface area contributed by atoms with Crippen LogP contribution in [0.2, 0.25) is 0 Å². The summed E-state index contributed by atoms with van der Waals surface area (Å²) < 4.78 is 0. The summed E-state index contributed by atoms with van der Waals surface area (Å²) in [5.41, 5.74) is 6.39. The Morgan fingerprint density at radius 2 is 2.13 bits per heavy atom. The molecule has 0 spiro atoms. The number of nitrogens with one attached hydrogen (secondary N) is 2. The van der Waals surface area contributed by atoms with Crippen molar-refractivity contribution < 1.29 is 9.59 Å². The van der Waals surface area contributed by atoms with E-state index < -0.39 is 17.9 Å². The van der Waals surface area contributed by atoms with Gasteiger partial charge in [-0.15, -0.1) is 11.3 Å². The van der Waals surface area contributed by atoms with Crippen LogP contribution in [-0.2, 0) is 4.79 Å². The maximum atomic E-state index is 12.4. The van der Waals surface area contributed by atoms with E-state index in [1.165, 1.54) is 11.3 Å². The van der Waals surface area contributed by atoms with Crippen molar-refractivity contribution in [3.8, 4) is 0 Å². The third-order valence-electron chi connectivity index (χ3n) is 3.81. The number of nitrogens with two attached hydrogens (primary N) is 1. The van der Waals surface area contributed by atoms with Crippen LogP contribution in [0.4, 0.5) is 0 Å². The third-order valence-corrected chi connectivity index (χ3v) is 4.76. The van der Waals surface area contributed by atoms with Gasteiger partial charge in [-0.2, -0.15) is 0 Å². The number of hydrogen-bond acceptors (Lipinski definition) is 5. The van der Waals surface area contributed by atoms with Gasteiger partial charge >= 0.3 is 0 Å². The molecule has 1 aliphatic heterocycles. The fourth-order valence-electron chi connectivity index (χ4n) is 2.62. The number of benzene rings is 1. The molecule has 7 heteroatoms. The van der Waals surface area contributed by atoms with Crippen LogP contribution in [0.25, 0.3) is 0 Å². The summed E-state index contributed by atoms with van der Waals surface area (Å²) in [4.78, 5) is 28.4.